The second-order valence-corrected chi connectivity index (χ2v) is 6.10. The Morgan fingerprint density at radius 2 is 2.25 bits per heavy atom. The van der Waals surface area contributed by atoms with E-state index in [1.165, 1.54) is 10.6 Å². The number of nitrogens with zero attached hydrogens (tertiary/aromatic N) is 3. The minimum atomic E-state index is -0.161. The first-order valence-corrected chi connectivity index (χ1v) is 8.10. The largest absolute Gasteiger partial charge is 0.383 e. The summed E-state index contributed by atoms with van der Waals surface area (Å²) in [6.07, 6.45) is 5.32. The number of rotatable bonds is 5. The summed E-state index contributed by atoms with van der Waals surface area (Å²) in [5.41, 5.74) is 1.35. The number of fused-ring (bicyclic) bond motifs is 1. The summed E-state index contributed by atoms with van der Waals surface area (Å²) in [4.78, 5) is 28.8. The van der Waals surface area contributed by atoms with Gasteiger partial charge in [-0.3, -0.25) is 9.59 Å². The molecule has 1 N–H and O–H groups in total. The predicted octanol–water partition coefficient (Wildman–Crippen LogP) is 0.744. The molecule has 0 aliphatic carbocycles. The highest BCUT2D eigenvalue weighted by Gasteiger charge is 2.21. The van der Waals surface area contributed by atoms with Crippen molar-refractivity contribution in [3.05, 3.63) is 52.0 Å². The Balaban J connectivity index is 1.68. The molecule has 0 radical (unpaired) electrons. The summed E-state index contributed by atoms with van der Waals surface area (Å²) >= 11 is 0. The van der Waals surface area contributed by atoms with Crippen molar-refractivity contribution in [2.75, 3.05) is 13.7 Å². The van der Waals surface area contributed by atoms with Crippen LogP contribution in [-0.4, -0.2) is 39.8 Å². The van der Waals surface area contributed by atoms with E-state index in [-0.39, 0.29) is 17.5 Å². The highest BCUT2D eigenvalue weighted by atomic mass is 16.5. The van der Waals surface area contributed by atoms with Crippen LogP contribution in [0.25, 0.3) is 0 Å². The van der Waals surface area contributed by atoms with E-state index in [4.69, 9.17) is 4.74 Å². The average Bonchev–Trinajstić information content (AvgIpc) is 2.93. The Kier molecular flexibility index (Phi) is 4.80. The summed E-state index contributed by atoms with van der Waals surface area (Å²) in [6, 6.07) is 3.05. The molecule has 2 aromatic heterocycles. The van der Waals surface area contributed by atoms with Crippen LogP contribution >= 0.6 is 0 Å². The molecule has 0 unspecified atom stereocenters. The first-order chi connectivity index (χ1) is 11.6. The van der Waals surface area contributed by atoms with Gasteiger partial charge in [-0.2, -0.15) is 0 Å². The first kappa shape index (κ1) is 16.4. The molecular formula is C17H22N4O3. The summed E-state index contributed by atoms with van der Waals surface area (Å²) in [5, 5.41) is 3.05. The lowest BCUT2D eigenvalue weighted by Crippen LogP contribution is -2.41. The van der Waals surface area contributed by atoms with Crippen LogP contribution in [-0.2, 0) is 24.2 Å². The lowest BCUT2D eigenvalue weighted by atomic mass is 10.1. The van der Waals surface area contributed by atoms with Crippen molar-refractivity contribution < 1.29 is 9.53 Å². The molecule has 3 heterocycles. The first-order valence-electron chi connectivity index (χ1n) is 8.10. The molecule has 0 saturated carbocycles. The Labute approximate surface area is 140 Å². The number of pyridine rings is 1. The Morgan fingerprint density at radius 3 is 3.04 bits per heavy atom. The highest BCUT2D eigenvalue weighted by molar-refractivity contribution is 5.94. The van der Waals surface area contributed by atoms with Crippen LogP contribution < -0.4 is 10.9 Å². The van der Waals surface area contributed by atoms with Crippen molar-refractivity contribution in [3.63, 3.8) is 0 Å². The van der Waals surface area contributed by atoms with Crippen molar-refractivity contribution in [1.29, 1.82) is 0 Å². The van der Waals surface area contributed by atoms with E-state index in [9.17, 15) is 9.59 Å². The van der Waals surface area contributed by atoms with Gasteiger partial charge in [0.15, 0.2) is 0 Å². The van der Waals surface area contributed by atoms with E-state index >= 15 is 0 Å². The van der Waals surface area contributed by atoms with Gasteiger partial charge in [0.1, 0.15) is 5.82 Å². The Morgan fingerprint density at radius 1 is 1.42 bits per heavy atom. The van der Waals surface area contributed by atoms with Gasteiger partial charge in [0.2, 0.25) is 0 Å². The lowest BCUT2D eigenvalue weighted by Gasteiger charge is -2.24. The van der Waals surface area contributed by atoms with Crippen molar-refractivity contribution in [1.82, 2.24) is 19.4 Å². The third kappa shape index (κ3) is 3.56. The fraction of sp³-hybridized carbons (Fsp3) is 0.471. The maximum absolute atomic E-state index is 12.5. The highest BCUT2D eigenvalue weighted by Crippen LogP contribution is 2.15. The fourth-order valence-corrected chi connectivity index (χ4v) is 3.00. The maximum Gasteiger partial charge on any atom is 0.253 e. The number of amides is 1. The van der Waals surface area contributed by atoms with Gasteiger partial charge in [-0.15, -0.1) is 0 Å². The van der Waals surface area contributed by atoms with Gasteiger partial charge in [-0.1, -0.05) is 0 Å². The normalized spacial score (nSPS) is 16.7. The molecule has 24 heavy (non-hydrogen) atoms. The van der Waals surface area contributed by atoms with Gasteiger partial charge >= 0.3 is 0 Å². The zero-order valence-corrected chi connectivity index (χ0v) is 14.0. The number of nitrogens with one attached hydrogen (secondary N) is 1. The van der Waals surface area contributed by atoms with Gasteiger partial charge in [-0.25, -0.2) is 4.98 Å². The number of carbonyl (C=O) groups excluding carboxylic acids is 1. The number of imidazole rings is 1. The molecule has 0 spiro atoms. The quantitative estimate of drug-likeness (QED) is 0.877. The van der Waals surface area contributed by atoms with Crippen molar-refractivity contribution in [2.24, 2.45) is 0 Å². The summed E-state index contributed by atoms with van der Waals surface area (Å²) in [6.45, 7) is 3.56. The molecule has 7 heteroatoms. The minimum Gasteiger partial charge on any atom is -0.383 e. The Hall–Kier alpha value is -2.41. The van der Waals surface area contributed by atoms with Crippen LogP contribution in [0.2, 0.25) is 0 Å². The molecule has 0 aromatic carbocycles. The molecule has 1 aliphatic rings. The molecule has 128 valence electrons. The van der Waals surface area contributed by atoms with Crippen molar-refractivity contribution in [2.45, 2.75) is 38.9 Å². The molecule has 0 saturated heterocycles. The zero-order valence-electron chi connectivity index (χ0n) is 14.0. The van der Waals surface area contributed by atoms with Crippen LogP contribution in [0.3, 0.4) is 0 Å². The maximum atomic E-state index is 12.5. The monoisotopic (exact) mass is 330 g/mol. The molecule has 2 aromatic rings. The third-order valence-corrected chi connectivity index (χ3v) is 4.23. The number of carbonyl (C=O) groups is 1. The van der Waals surface area contributed by atoms with E-state index in [1.54, 1.807) is 19.4 Å². The molecular weight excluding hydrogens is 308 g/mol. The number of aromatic nitrogens is 3. The second-order valence-electron chi connectivity index (χ2n) is 6.10. The minimum absolute atomic E-state index is 0.0675. The van der Waals surface area contributed by atoms with Gasteiger partial charge in [0, 0.05) is 51.1 Å². The standard InChI is InChI=1S/C17H22N4O3/c1-12-9-21-11-14(4-5-15(21)18-12)19-17(23)13-3-6-16(22)20(10-13)7-8-24-2/h3,6,9-10,14H,4-5,7-8,11H2,1-2H3,(H,19,23)/t14-/m1/s1. The summed E-state index contributed by atoms with van der Waals surface area (Å²) in [7, 11) is 1.58. The van der Waals surface area contributed by atoms with Gasteiger partial charge < -0.3 is 19.2 Å². The Bertz CT molecular complexity index is 793. The number of hydrogen-bond acceptors (Lipinski definition) is 4. The van der Waals surface area contributed by atoms with Crippen LogP contribution in [0.1, 0.15) is 28.3 Å². The average molecular weight is 330 g/mol. The van der Waals surface area contributed by atoms with Crippen LogP contribution in [0.5, 0.6) is 0 Å². The molecule has 3 rings (SSSR count). The van der Waals surface area contributed by atoms with Crippen molar-refractivity contribution in [3.8, 4) is 0 Å². The smallest absolute Gasteiger partial charge is 0.253 e. The SMILES string of the molecule is COCCn1cc(C(=O)N[C@@H]2CCc3nc(C)cn3C2)ccc1=O. The fourth-order valence-electron chi connectivity index (χ4n) is 3.00. The predicted molar refractivity (Wildman–Crippen MR) is 89.1 cm³/mol. The van der Waals surface area contributed by atoms with Gasteiger partial charge in [-0.05, 0) is 19.4 Å². The molecule has 1 aliphatic heterocycles. The van der Waals surface area contributed by atoms with Crippen LogP contribution in [0.15, 0.2) is 29.3 Å². The van der Waals surface area contributed by atoms with Crippen LogP contribution in [0.4, 0.5) is 0 Å². The van der Waals surface area contributed by atoms with Crippen LogP contribution in [0, 0.1) is 6.92 Å². The molecule has 0 bridgehead atoms. The lowest BCUT2D eigenvalue weighted by molar-refractivity contribution is 0.0926. The molecule has 0 fully saturated rings. The van der Waals surface area contributed by atoms with E-state index < -0.39 is 0 Å². The van der Waals surface area contributed by atoms with Gasteiger partial charge in [0.25, 0.3) is 11.5 Å². The van der Waals surface area contributed by atoms with E-state index in [1.807, 2.05) is 13.1 Å². The molecule has 1 atom stereocenters. The number of methoxy groups -OCH3 is 1. The zero-order chi connectivity index (χ0) is 17.1. The summed E-state index contributed by atoms with van der Waals surface area (Å²) < 4.78 is 8.59. The molecule has 1 amide bonds. The number of aryl methyl sites for hydroxylation is 2. The topological polar surface area (TPSA) is 78.2 Å². The summed E-state index contributed by atoms with van der Waals surface area (Å²) in [5.74, 6) is 0.914. The van der Waals surface area contributed by atoms with E-state index in [0.29, 0.717) is 18.7 Å². The van der Waals surface area contributed by atoms with Crippen molar-refractivity contribution >= 4 is 5.91 Å². The number of hydrogen-bond donors (Lipinski definition) is 1. The third-order valence-electron chi connectivity index (χ3n) is 4.23. The van der Waals surface area contributed by atoms with E-state index in [0.717, 1.165) is 30.9 Å². The van der Waals surface area contributed by atoms with E-state index in [2.05, 4.69) is 14.9 Å². The van der Waals surface area contributed by atoms with Gasteiger partial charge in [0.05, 0.1) is 17.9 Å². The molecule has 7 nitrogen and oxygen atoms in total. The number of ether oxygens (including phenoxy) is 1. The second kappa shape index (κ2) is 7.00.